The molecule has 0 fully saturated rings. The number of aryl methyl sites for hydroxylation is 1. The minimum atomic E-state index is -5.01. The number of halogens is 7. The molecule has 4 rings (SSSR count). The second-order valence-corrected chi connectivity index (χ2v) is 9.88. The molecule has 0 atom stereocenters. The molecule has 14 heteroatoms. The van der Waals surface area contributed by atoms with Gasteiger partial charge in [0.2, 0.25) is 0 Å². The van der Waals surface area contributed by atoms with Crippen molar-refractivity contribution in [2.75, 3.05) is 11.3 Å². The standard InChI is InChI=1S/C27H22ClF6N5OS/c1-15-37-25(26(29,30)31)14-38(15)21-9-7-17(16-4-3-5-19(10-16)41-2)11-22(21)39(36)23(13-35)18-6-8-20(28)24(12-18)40-27(32,33)34/h3-14H,35-36H2,1-2H3/b23-13-. The highest BCUT2D eigenvalue weighted by Gasteiger charge is 2.35. The van der Waals surface area contributed by atoms with Crippen molar-refractivity contribution in [3.63, 3.8) is 0 Å². The summed E-state index contributed by atoms with van der Waals surface area (Å²) in [5.41, 5.74) is 6.72. The molecule has 0 spiro atoms. The fraction of sp³-hybridized carbons (Fsp3) is 0.148. The normalized spacial score (nSPS) is 12.5. The van der Waals surface area contributed by atoms with Gasteiger partial charge in [-0.05, 0) is 60.7 Å². The zero-order valence-corrected chi connectivity index (χ0v) is 23.0. The van der Waals surface area contributed by atoms with Gasteiger partial charge in [0, 0.05) is 22.9 Å². The van der Waals surface area contributed by atoms with Crippen molar-refractivity contribution in [2.45, 2.75) is 24.4 Å². The minimum Gasteiger partial charge on any atom is -0.404 e. The van der Waals surface area contributed by atoms with Crippen molar-refractivity contribution >= 4 is 34.7 Å². The quantitative estimate of drug-likeness (QED) is 0.0959. The smallest absolute Gasteiger partial charge is 0.404 e. The first kappa shape index (κ1) is 30.2. The zero-order valence-electron chi connectivity index (χ0n) is 21.4. The molecule has 0 saturated heterocycles. The number of ether oxygens (including phenoxy) is 1. The third-order valence-electron chi connectivity index (χ3n) is 5.94. The van der Waals surface area contributed by atoms with Crippen LogP contribution in [0.5, 0.6) is 5.75 Å². The molecule has 0 unspecified atom stereocenters. The van der Waals surface area contributed by atoms with Gasteiger partial charge in [0.1, 0.15) is 11.6 Å². The van der Waals surface area contributed by atoms with Crippen molar-refractivity contribution in [2.24, 2.45) is 11.6 Å². The van der Waals surface area contributed by atoms with Gasteiger partial charge in [-0.2, -0.15) is 13.2 Å². The van der Waals surface area contributed by atoms with E-state index in [0.29, 0.717) is 5.56 Å². The minimum absolute atomic E-state index is 0.0127. The Morgan fingerprint density at radius 3 is 2.34 bits per heavy atom. The highest BCUT2D eigenvalue weighted by Crippen LogP contribution is 2.38. The lowest BCUT2D eigenvalue weighted by Crippen LogP contribution is -2.31. The van der Waals surface area contributed by atoms with Gasteiger partial charge in [-0.25, -0.2) is 10.8 Å². The summed E-state index contributed by atoms with van der Waals surface area (Å²) in [6, 6.07) is 16.0. The van der Waals surface area contributed by atoms with Crippen LogP contribution in [0.4, 0.5) is 32.0 Å². The van der Waals surface area contributed by atoms with E-state index in [1.54, 1.807) is 18.2 Å². The predicted octanol–water partition coefficient (Wildman–Crippen LogP) is 7.78. The summed E-state index contributed by atoms with van der Waals surface area (Å²) in [5, 5.41) is 0.751. The van der Waals surface area contributed by atoms with Crippen LogP contribution in [0.3, 0.4) is 0 Å². The number of anilines is 1. The molecule has 4 aromatic rings. The van der Waals surface area contributed by atoms with Gasteiger partial charge in [0.05, 0.1) is 22.1 Å². The van der Waals surface area contributed by atoms with Crippen molar-refractivity contribution in [1.82, 2.24) is 9.55 Å². The number of hydrogen-bond acceptors (Lipinski definition) is 6. The molecule has 0 saturated carbocycles. The fourth-order valence-electron chi connectivity index (χ4n) is 4.07. The number of imidazole rings is 1. The van der Waals surface area contributed by atoms with E-state index in [9.17, 15) is 26.3 Å². The number of hydrogen-bond donors (Lipinski definition) is 2. The van der Waals surface area contributed by atoms with Gasteiger partial charge >= 0.3 is 12.5 Å². The summed E-state index contributed by atoms with van der Waals surface area (Å²) >= 11 is 7.42. The van der Waals surface area contributed by atoms with Gasteiger partial charge in [-0.3, -0.25) is 5.01 Å². The lowest BCUT2D eigenvalue weighted by atomic mass is 10.0. The van der Waals surface area contributed by atoms with E-state index in [2.05, 4.69) is 9.72 Å². The Hall–Kier alpha value is -3.81. The molecule has 216 valence electrons. The third-order valence-corrected chi connectivity index (χ3v) is 6.98. The number of alkyl halides is 6. The third kappa shape index (κ3) is 6.75. The van der Waals surface area contributed by atoms with E-state index in [1.165, 1.54) is 35.4 Å². The van der Waals surface area contributed by atoms with Crippen molar-refractivity contribution < 1.29 is 31.1 Å². The van der Waals surface area contributed by atoms with E-state index in [4.69, 9.17) is 23.2 Å². The molecule has 0 amide bonds. The van der Waals surface area contributed by atoms with Crippen molar-refractivity contribution in [1.29, 1.82) is 0 Å². The van der Waals surface area contributed by atoms with Crippen LogP contribution >= 0.6 is 23.4 Å². The van der Waals surface area contributed by atoms with Crippen LogP contribution in [-0.2, 0) is 6.18 Å². The molecule has 0 aliphatic heterocycles. The maximum absolute atomic E-state index is 13.5. The molecular formula is C27H22ClF6N5OS. The van der Waals surface area contributed by atoms with Gasteiger partial charge < -0.3 is 15.0 Å². The average Bonchev–Trinajstić information content (AvgIpc) is 3.31. The van der Waals surface area contributed by atoms with Crippen LogP contribution in [0.25, 0.3) is 22.5 Å². The number of hydrazine groups is 1. The fourth-order valence-corrected chi connectivity index (χ4v) is 4.68. The molecule has 0 bridgehead atoms. The number of rotatable bonds is 7. The first-order valence-electron chi connectivity index (χ1n) is 11.7. The molecule has 3 aromatic carbocycles. The highest BCUT2D eigenvalue weighted by molar-refractivity contribution is 7.98. The second kappa shape index (κ2) is 11.6. The van der Waals surface area contributed by atoms with E-state index < -0.39 is 24.0 Å². The van der Waals surface area contributed by atoms with Crippen molar-refractivity contribution in [3.05, 3.63) is 95.2 Å². The molecule has 0 aliphatic carbocycles. The lowest BCUT2D eigenvalue weighted by Gasteiger charge is -2.26. The topological polar surface area (TPSA) is 82.3 Å². The summed E-state index contributed by atoms with van der Waals surface area (Å²) < 4.78 is 84.4. The molecule has 41 heavy (non-hydrogen) atoms. The second-order valence-electron chi connectivity index (χ2n) is 8.59. The SMILES string of the molecule is CSc1cccc(-c2ccc(-n3cc(C(F)(F)F)nc3C)c(N(N)/C(=C\N)c3ccc(Cl)c(OC(F)(F)F)c3)c2)c1. The maximum atomic E-state index is 13.5. The summed E-state index contributed by atoms with van der Waals surface area (Å²) in [5.74, 6) is 5.85. The zero-order chi connectivity index (χ0) is 30.1. The van der Waals surface area contributed by atoms with E-state index in [-0.39, 0.29) is 33.5 Å². The molecule has 1 aromatic heterocycles. The van der Waals surface area contributed by atoms with E-state index >= 15 is 0 Å². The summed E-state index contributed by atoms with van der Waals surface area (Å²) in [6.07, 6.45) is -5.92. The lowest BCUT2D eigenvalue weighted by molar-refractivity contribution is -0.274. The van der Waals surface area contributed by atoms with Gasteiger partial charge in [-0.1, -0.05) is 35.9 Å². The summed E-state index contributed by atoms with van der Waals surface area (Å²) in [4.78, 5) is 4.61. The van der Waals surface area contributed by atoms with Crippen LogP contribution in [0.2, 0.25) is 5.02 Å². The Morgan fingerprint density at radius 1 is 1.02 bits per heavy atom. The Morgan fingerprint density at radius 2 is 1.73 bits per heavy atom. The van der Waals surface area contributed by atoms with Crippen molar-refractivity contribution in [3.8, 4) is 22.6 Å². The molecule has 6 nitrogen and oxygen atoms in total. The Balaban J connectivity index is 1.89. The number of benzene rings is 3. The molecule has 0 radical (unpaired) electrons. The average molecular weight is 614 g/mol. The molecule has 0 aliphatic rings. The summed E-state index contributed by atoms with van der Waals surface area (Å²) in [6.45, 7) is 1.40. The van der Waals surface area contributed by atoms with Crippen LogP contribution in [-0.4, -0.2) is 22.2 Å². The van der Waals surface area contributed by atoms with Gasteiger partial charge in [-0.15, -0.1) is 24.9 Å². The number of nitrogens with zero attached hydrogens (tertiary/aromatic N) is 3. The van der Waals surface area contributed by atoms with Crippen LogP contribution in [0.15, 0.2) is 78.0 Å². The first-order chi connectivity index (χ1) is 19.2. The predicted molar refractivity (Wildman–Crippen MR) is 147 cm³/mol. The van der Waals surface area contributed by atoms with Crippen LogP contribution in [0, 0.1) is 6.92 Å². The van der Waals surface area contributed by atoms with E-state index in [1.807, 2.05) is 30.5 Å². The largest absolute Gasteiger partial charge is 0.573 e. The van der Waals surface area contributed by atoms with Gasteiger partial charge in [0.15, 0.2) is 5.69 Å². The number of aromatic nitrogens is 2. The van der Waals surface area contributed by atoms with Crippen LogP contribution < -0.4 is 21.3 Å². The maximum Gasteiger partial charge on any atom is 0.573 e. The number of thioether (sulfide) groups is 1. The highest BCUT2D eigenvalue weighted by atomic mass is 35.5. The molecular weight excluding hydrogens is 592 g/mol. The Bertz CT molecular complexity index is 1600. The molecule has 4 N–H and O–H groups in total. The van der Waals surface area contributed by atoms with Crippen LogP contribution in [0.1, 0.15) is 17.1 Å². The Labute approximate surface area is 240 Å². The molecule has 1 heterocycles. The van der Waals surface area contributed by atoms with Gasteiger partial charge in [0.25, 0.3) is 0 Å². The van der Waals surface area contributed by atoms with E-state index in [0.717, 1.165) is 33.9 Å². The summed E-state index contributed by atoms with van der Waals surface area (Å²) in [7, 11) is 0. The first-order valence-corrected chi connectivity index (χ1v) is 13.3. The monoisotopic (exact) mass is 613 g/mol. The Kier molecular flexibility index (Phi) is 8.52. The number of nitrogens with two attached hydrogens (primary N) is 2.